The average molecular weight is 275 g/mol. The first-order chi connectivity index (χ1) is 9.29. The molecule has 1 aromatic heterocycles. The Morgan fingerprint density at radius 2 is 2.37 bits per heavy atom. The van der Waals surface area contributed by atoms with E-state index in [-0.39, 0.29) is 0 Å². The minimum absolute atomic E-state index is 0.619. The van der Waals surface area contributed by atoms with Gasteiger partial charge in [-0.05, 0) is 48.1 Å². The van der Waals surface area contributed by atoms with Crippen LogP contribution in [0.4, 0.5) is 0 Å². The second-order valence-electron chi connectivity index (χ2n) is 4.70. The van der Waals surface area contributed by atoms with Crippen molar-refractivity contribution < 1.29 is 0 Å². The van der Waals surface area contributed by atoms with E-state index < -0.39 is 0 Å². The lowest BCUT2D eigenvalue weighted by Crippen LogP contribution is -2.12. The Labute approximate surface area is 120 Å². The first-order valence-corrected chi connectivity index (χ1v) is 7.75. The average Bonchev–Trinajstić information content (AvgIpc) is 2.48. The molecule has 0 saturated heterocycles. The van der Waals surface area contributed by atoms with Gasteiger partial charge in [0.2, 0.25) is 0 Å². The first kappa shape index (κ1) is 14.1. The highest BCUT2D eigenvalue weighted by molar-refractivity contribution is 7.97. The molecule has 1 aliphatic rings. The fourth-order valence-electron chi connectivity index (χ4n) is 1.90. The van der Waals surface area contributed by atoms with Gasteiger partial charge in [0.05, 0.1) is 0 Å². The molecule has 1 aromatic rings. The molecule has 3 nitrogen and oxygen atoms in total. The van der Waals surface area contributed by atoms with Crippen LogP contribution >= 0.6 is 11.9 Å². The van der Waals surface area contributed by atoms with Gasteiger partial charge in [-0.3, -0.25) is 9.98 Å². The van der Waals surface area contributed by atoms with Crippen LogP contribution in [-0.4, -0.2) is 27.9 Å². The zero-order chi connectivity index (χ0) is 13.5. The fraction of sp³-hybridized carbons (Fsp3) is 0.467. The molecule has 1 unspecified atom stereocenters. The molecular weight excluding hydrogens is 254 g/mol. The van der Waals surface area contributed by atoms with Crippen LogP contribution in [0.2, 0.25) is 0 Å². The summed E-state index contributed by atoms with van der Waals surface area (Å²) in [6, 6.07) is 4.38. The van der Waals surface area contributed by atoms with Crippen LogP contribution in [0.3, 0.4) is 0 Å². The van der Waals surface area contributed by atoms with E-state index in [1.165, 1.54) is 17.7 Å². The number of aliphatic imine (C=N–C) groups is 1. The highest BCUT2D eigenvalue weighted by atomic mass is 32.2. The molecular formula is C15H21N3S. The molecule has 0 fully saturated rings. The van der Waals surface area contributed by atoms with Crippen molar-refractivity contribution in [1.82, 2.24) is 9.29 Å². The Morgan fingerprint density at radius 1 is 1.47 bits per heavy atom. The Kier molecular flexibility index (Phi) is 5.45. The lowest BCUT2D eigenvalue weighted by molar-refractivity contribution is 0.636. The van der Waals surface area contributed by atoms with Gasteiger partial charge in [0, 0.05) is 36.5 Å². The Balaban J connectivity index is 1.82. The Morgan fingerprint density at radius 3 is 3.11 bits per heavy atom. The number of hydrogen-bond donors (Lipinski definition) is 0. The second kappa shape index (κ2) is 7.34. The third-order valence-corrected chi connectivity index (χ3v) is 4.26. The van der Waals surface area contributed by atoms with Crippen molar-refractivity contribution >= 4 is 18.2 Å². The fourth-order valence-corrected chi connectivity index (χ4v) is 2.74. The zero-order valence-corrected chi connectivity index (χ0v) is 12.4. The first-order valence-electron chi connectivity index (χ1n) is 6.80. The van der Waals surface area contributed by atoms with Gasteiger partial charge in [-0.2, -0.15) is 0 Å². The summed E-state index contributed by atoms with van der Waals surface area (Å²) in [5.74, 6) is 1.66. The molecule has 0 amide bonds. The topological polar surface area (TPSA) is 28.5 Å². The molecule has 0 saturated carbocycles. The predicted octanol–water partition coefficient (Wildman–Crippen LogP) is 3.64. The Bertz CT molecular complexity index is 456. The van der Waals surface area contributed by atoms with Crippen molar-refractivity contribution in [3.8, 4) is 0 Å². The number of pyridine rings is 1. The number of aryl methyl sites for hydroxylation is 1. The van der Waals surface area contributed by atoms with E-state index in [0.717, 1.165) is 18.8 Å². The van der Waals surface area contributed by atoms with Gasteiger partial charge in [-0.1, -0.05) is 13.8 Å². The largest absolute Gasteiger partial charge is 0.302 e. The van der Waals surface area contributed by atoms with Crippen molar-refractivity contribution in [2.24, 2.45) is 4.99 Å². The molecule has 102 valence electrons. The molecule has 0 spiro atoms. The van der Waals surface area contributed by atoms with E-state index in [9.17, 15) is 0 Å². The quantitative estimate of drug-likeness (QED) is 0.742. The monoisotopic (exact) mass is 275 g/mol. The van der Waals surface area contributed by atoms with Crippen LogP contribution in [0.1, 0.15) is 37.4 Å². The van der Waals surface area contributed by atoms with Gasteiger partial charge in [0.15, 0.2) is 0 Å². The van der Waals surface area contributed by atoms with Crippen LogP contribution in [0.15, 0.2) is 35.6 Å². The third-order valence-electron chi connectivity index (χ3n) is 3.30. The maximum atomic E-state index is 4.46. The molecule has 0 N–H and O–H groups in total. The van der Waals surface area contributed by atoms with Gasteiger partial charge in [0.25, 0.3) is 0 Å². The predicted molar refractivity (Wildman–Crippen MR) is 83.4 cm³/mol. The van der Waals surface area contributed by atoms with Gasteiger partial charge in [-0.15, -0.1) is 0 Å². The van der Waals surface area contributed by atoms with Gasteiger partial charge >= 0.3 is 0 Å². The molecule has 0 aliphatic carbocycles. The lowest BCUT2D eigenvalue weighted by Gasteiger charge is -2.18. The highest BCUT2D eigenvalue weighted by Gasteiger charge is 2.06. The van der Waals surface area contributed by atoms with Gasteiger partial charge in [0.1, 0.15) is 6.67 Å². The molecule has 0 bridgehead atoms. The zero-order valence-electron chi connectivity index (χ0n) is 11.6. The molecule has 2 heterocycles. The van der Waals surface area contributed by atoms with Crippen LogP contribution < -0.4 is 0 Å². The van der Waals surface area contributed by atoms with E-state index in [1.807, 2.05) is 18.5 Å². The smallest absolute Gasteiger partial charge is 0.119 e. The highest BCUT2D eigenvalue weighted by Crippen LogP contribution is 2.19. The molecule has 1 atom stereocenters. The second-order valence-corrected chi connectivity index (χ2v) is 5.84. The van der Waals surface area contributed by atoms with Crippen LogP contribution in [0.5, 0.6) is 0 Å². The minimum atomic E-state index is 0.619. The van der Waals surface area contributed by atoms with Gasteiger partial charge in [-0.25, -0.2) is 0 Å². The summed E-state index contributed by atoms with van der Waals surface area (Å²) in [4.78, 5) is 8.67. The summed E-state index contributed by atoms with van der Waals surface area (Å²) in [5.41, 5.74) is 2.59. The maximum absolute atomic E-state index is 4.46. The minimum Gasteiger partial charge on any atom is -0.302 e. The number of allylic oxidation sites excluding steroid dienone is 1. The Hall–Kier alpha value is -1.29. The summed E-state index contributed by atoms with van der Waals surface area (Å²) < 4.78 is 2.15. The standard InChI is InChI=1S/C15H21N3S/c1-3-13(2)14-5-8-17-15(11-14)6-10-19-18-9-4-7-16-12-18/h4-5,7-9,11,13H,3,6,10,12H2,1-2H3. The summed E-state index contributed by atoms with van der Waals surface area (Å²) in [6.45, 7) is 5.25. The maximum Gasteiger partial charge on any atom is 0.119 e. The lowest BCUT2D eigenvalue weighted by atomic mass is 9.99. The van der Waals surface area contributed by atoms with Crippen molar-refractivity contribution in [1.29, 1.82) is 0 Å². The number of aromatic nitrogens is 1. The van der Waals surface area contributed by atoms with Crippen LogP contribution in [-0.2, 0) is 6.42 Å². The summed E-state index contributed by atoms with van der Waals surface area (Å²) in [6.07, 6.45) is 10.00. The molecule has 0 radical (unpaired) electrons. The summed E-state index contributed by atoms with van der Waals surface area (Å²) in [5, 5.41) is 0. The summed E-state index contributed by atoms with van der Waals surface area (Å²) in [7, 11) is 0. The van der Waals surface area contributed by atoms with Crippen molar-refractivity contribution in [2.75, 3.05) is 12.4 Å². The number of rotatable bonds is 6. The van der Waals surface area contributed by atoms with Crippen LogP contribution in [0, 0.1) is 0 Å². The summed E-state index contributed by atoms with van der Waals surface area (Å²) >= 11 is 1.80. The SMILES string of the molecule is CCC(C)c1ccnc(CCSN2C=CC=NC2)c1. The van der Waals surface area contributed by atoms with E-state index in [1.54, 1.807) is 11.9 Å². The molecule has 19 heavy (non-hydrogen) atoms. The van der Waals surface area contributed by atoms with E-state index in [2.05, 4.69) is 46.5 Å². The molecule has 2 rings (SSSR count). The number of hydrogen-bond acceptors (Lipinski definition) is 4. The molecule has 1 aliphatic heterocycles. The van der Waals surface area contributed by atoms with E-state index >= 15 is 0 Å². The van der Waals surface area contributed by atoms with E-state index in [4.69, 9.17) is 0 Å². The molecule has 4 heteroatoms. The van der Waals surface area contributed by atoms with Crippen LogP contribution in [0.25, 0.3) is 0 Å². The number of nitrogens with zero attached hydrogens (tertiary/aromatic N) is 3. The molecule has 0 aromatic carbocycles. The van der Waals surface area contributed by atoms with Gasteiger partial charge < -0.3 is 4.31 Å². The van der Waals surface area contributed by atoms with Crippen molar-refractivity contribution in [3.63, 3.8) is 0 Å². The third kappa shape index (κ3) is 4.39. The van der Waals surface area contributed by atoms with Crippen molar-refractivity contribution in [3.05, 3.63) is 41.9 Å². The van der Waals surface area contributed by atoms with E-state index in [0.29, 0.717) is 5.92 Å². The van der Waals surface area contributed by atoms with Crippen molar-refractivity contribution in [2.45, 2.75) is 32.6 Å². The normalized spacial score (nSPS) is 15.8.